The van der Waals surface area contributed by atoms with Crippen molar-refractivity contribution in [3.8, 4) is 0 Å². The lowest BCUT2D eigenvalue weighted by molar-refractivity contribution is 0.0296. The summed E-state index contributed by atoms with van der Waals surface area (Å²) in [6.07, 6.45) is 7.44. The fourth-order valence-electron chi connectivity index (χ4n) is 4.75. The van der Waals surface area contributed by atoms with Gasteiger partial charge in [0.2, 0.25) is 0 Å². The third-order valence-corrected chi connectivity index (χ3v) is 6.23. The highest BCUT2D eigenvalue weighted by Crippen LogP contribution is 2.30. The van der Waals surface area contributed by atoms with Crippen LogP contribution < -0.4 is 5.69 Å². The molecule has 136 valence electrons. The molecule has 4 rings (SSSR count). The first-order valence-electron chi connectivity index (χ1n) is 9.63. The summed E-state index contributed by atoms with van der Waals surface area (Å²) in [7, 11) is 1.83. The Hall–Kier alpha value is -1.59. The first-order chi connectivity index (χ1) is 12.2. The number of imidazole rings is 1. The molecule has 1 aliphatic carbocycles. The summed E-state index contributed by atoms with van der Waals surface area (Å²) in [6, 6.07) is 7.22. The Morgan fingerprint density at radius 3 is 2.44 bits per heavy atom. The number of fused-ring (bicyclic) bond motifs is 1. The highest BCUT2D eigenvalue weighted by Gasteiger charge is 2.30. The van der Waals surface area contributed by atoms with Crippen LogP contribution in [0.4, 0.5) is 0 Å². The number of benzene rings is 1. The second-order valence-corrected chi connectivity index (χ2v) is 7.75. The fraction of sp³-hybridized carbons (Fsp3) is 0.650. The number of methoxy groups -OCH3 is 1. The van der Waals surface area contributed by atoms with Crippen molar-refractivity contribution in [2.24, 2.45) is 0 Å². The minimum Gasteiger partial charge on any atom is -0.381 e. The zero-order valence-corrected chi connectivity index (χ0v) is 15.3. The molecule has 25 heavy (non-hydrogen) atoms. The van der Waals surface area contributed by atoms with E-state index in [0.717, 1.165) is 37.0 Å². The van der Waals surface area contributed by atoms with Gasteiger partial charge in [0.1, 0.15) is 0 Å². The molecule has 0 spiro atoms. The number of ether oxygens (including phenoxy) is 1. The molecule has 2 heterocycles. The van der Waals surface area contributed by atoms with Gasteiger partial charge in [0.05, 0.1) is 17.1 Å². The number of aromatic amines is 1. The van der Waals surface area contributed by atoms with Crippen LogP contribution in [0, 0.1) is 6.92 Å². The van der Waals surface area contributed by atoms with Crippen molar-refractivity contribution in [2.45, 2.75) is 63.6 Å². The number of aryl methyl sites for hydroxylation is 1. The van der Waals surface area contributed by atoms with E-state index >= 15 is 0 Å². The maximum atomic E-state index is 12.5. The Balaban J connectivity index is 1.45. The Morgan fingerprint density at radius 2 is 1.76 bits per heavy atom. The number of likely N-dealkylation sites (tertiary alicyclic amines) is 1. The van der Waals surface area contributed by atoms with Gasteiger partial charge in [0.25, 0.3) is 0 Å². The minimum absolute atomic E-state index is 0.0413. The van der Waals surface area contributed by atoms with Crippen LogP contribution in [0.3, 0.4) is 0 Å². The lowest BCUT2D eigenvalue weighted by atomic mass is 9.90. The van der Waals surface area contributed by atoms with Gasteiger partial charge in [-0.1, -0.05) is 6.07 Å². The molecule has 2 fully saturated rings. The lowest BCUT2D eigenvalue weighted by Crippen LogP contribution is -2.45. The molecule has 0 atom stereocenters. The number of nitrogens with zero attached hydrogens (tertiary/aromatic N) is 2. The van der Waals surface area contributed by atoms with Gasteiger partial charge in [-0.3, -0.25) is 4.57 Å². The van der Waals surface area contributed by atoms with Gasteiger partial charge in [-0.05, 0) is 63.1 Å². The number of H-pyrrole nitrogens is 1. The van der Waals surface area contributed by atoms with E-state index in [1.165, 1.54) is 31.2 Å². The van der Waals surface area contributed by atoms with Crippen LogP contribution in [0.1, 0.15) is 50.1 Å². The van der Waals surface area contributed by atoms with Gasteiger partial charge in [-0.15, -0.1) is 0 Å². The number of nitrogens with one attached hydrogen (secondary N) is 1. The summed E-state index contributed by atoms with van der Waals surface area (Å²) in [5.41, 5.74) is 3.26. The van der Waals surface area contributed by atoms with Crippen LogP contribution in [-0.4, -0.2) is 46.8 Å². The van der Waals surface area contributed by atoms with E-state index in [4.69, 9.17) is 4.74 Å². The van der Waals surface area contributed by atoms with Crippen LogP contribution in [0.25, 0.3) is 11.0 Å². The molecule has 1 aliphatic heterocycles. The molecule has 2 aromatic rings. The summed E-state index contributed by atoms with van der Waals surface area (Å²) in [6.45, 7) is 4.27. The SMILES string of the molecule is CO[C@H]1CC[C@@H](N2CCC(n3c(=O)[nH]c4ccc(C)cc43)CC2)CC1. The number of aromatic nitrogens is 2. The van der Waals surface area contributed by atoms with Gasteiger partial charge in [-0.25, -0.2) is 4.79 Å². The predicted molar refractivity (Wildman–Crippen MR) is 100 cm³/mol. The Kier molecular flexibility index (Phi) is 4.69. The van der Waals surface area contributed by atoms with Crippen LogP contribution in [0.5, 0.6) is 0 Å². The Morgan fingerprint density at radius 1 is 1.04 bits per heavy atom. The summed E-state index contributed by atoms with van der Waals surface area (Å²) in [5.74, 6) is 0. The second kappa shape index (κ2) is 6.96. The summed E-state index contributed by atoms with van der Waals surface area (Å²) >= 11 is 0. The van der Waals surface area contributed by atoms with Gasteiger partial charge in [-0.2, -0.15) is 0 Å². The molecule has 1 N–H and O–H groups in total. The van der Waals surface area contributed by atoms with Crippen molar-refractivity contribution in [1.29, 1.82) is 0 Å². The molecule has 0 amide bonds. The van der Waals surface area contributed by atoms with Crippen molar-refractivity contribution in [2.75, 3.05) is 20.2 Å². The van der Waals surface area contributed by atoms with E-state index in [2.05, 4.69) is 28.9 Å². The lowest BCUT2D eigenvalue weighted by Gasteiger charge is -2.40. The zero-order valence-electron chi connectivity index (χ0n) is 15.3. The predicted octanol–water partition coefficient (Wildman–Crippen LogP) is 3.23. The highest BCUT2D eigenvalue weighted by molar-refractivity contribution is 5.76. The van der Waals surface area contributed by atoms with Gasteiger partial charge in [0.15, 0.2) is 0 Å². The third kappa shape index (κ3) is 3.27. The van der Waals surface area contributed by atoms with Crippen molar-refractivity contribution in [3.05, 3.63) is 34.2 Å². The Bertz CT molecular complexity index is 778. The molecule has 1 saturated heterocycles. The zero-order chi connectivity index (χ0) is 17.4. The molecule has 5 heteroatoms. The molecule has 0 unspecified atom stereocenters. The van der Waals surface area contributed by atoms with E-state index in [0.29, 0.717) is 18.2 Å². The molecule has 5 nitrogen and oxygen atoms in total. The quantitative estimate of drug-likeness (QED) is 0.931. The average molecular weight is 343 g/mol. The van der Waals surface area contributed by atoms with E-state index in [1.807, 2.05) is 17.7 Å². The van der Waals surface area contributed by atoms with Gasteiger partial charge in [0, 0.05) is 32.3 Å². The van der Waals surface area contributed by atoms with Gasteiger partial charge < -0.3 is 14.6 Å². The molecule has 1 aromatic heterocycles. The monoisotopic (exact) mass is 343 g/mol. The minimum atomic E-state index is 0.0413. The van der Waals surface area contributed by atoms with Crippen LogP contribution >= 0.6 is 0 Å². The van der Waals surface area contributed by atoms with E-state index in [1.54, 1.807) is 0 Å². The maximum absolute atomic E-state index is 12.5. The average Bonchev–Trinajstić information content (AvgIpc) is 2.97. The van der Waals surface area contributed by atoms with Crippen LogP contribution in [0.15, 0.2) is 23.0 Å². The summed E-state index contributed by atoms with van der Waals surface area (Å²) in [5, 5.41) is 0. The number of hydrogen-bond donors (Lipinski definition) is 1. The summed E-state index contributed by atoms with van der Waals surface area (Å²) < 4.78 is 7.50. The van der Waals surface area contributed by atoms with Crippen LogP contribution in [-0.2, 0) is 4.74 Å². The molecule has 2 aliphatic rings. The van der Waals surface area contributed by atoms with E-state index in [9.17, 15) is 4.79 Å². The first-order valence-corrected chi connectivity index (χ1v) is 9.63. The molecule has 1 aromatic carbocycles. The van der Waals surface area contributed by atoms with E-state index < -0.39 is 0 Å². The van der Waals surface area contributed by atoms with Crippen molar-refractivity contribution >= 4 is 11.0 Å². The third-order valence-electron chi connectivity index (χ3n) is 6.23. The molecule has 0 radical (unpaired) electrons. The molecular weight excluding hydrogens is 314 g/mol. The number of piperidine rings is 1. The number of rotatable bonds is 3. The number of hydrogen-bond acceptors (Lipinski definition) is 3. The molecular formula is C20H29N3O2. The van der Waals surface area contributed by atoms with Crippen molar-refractivity contribution in [3.63, 3.8) is 0 Å². The van der Waals surface area contributed by atoms with Crippen LogP contribution in [0.2, 0.25) is 0 Å². The molecule has 1 saturated carbocycles. The normalized spacial score (nSPS) is 26.3. The van der Waals surface area contributed by atoms with E-state index in [-0.39, 0.29) is 5.69 Å². The smallest absolute Gasteiger partial charge is 0.326 e. The Labute approximate surface area is 149 Å². The van der Waals surface area contributed by atoms with Crippen molar-refractivity contribution < 1.29 is 4.74 Å². The van der Waals surface area contributed by atoms with Crippen molar-refractivity contribution in [1.82, 2.24) is 14.5 Å². The first kappa shape index (κ1) is 16.9. The molecule has 0 bridgehead atoms. The topological polar surface area (TPSA) is 50.3 Å². The second-order valence-electron chi connectivity index (χ2n) is 7.75. The van der Waals surface area contributed by atoms with Gasteiger partial charge >= 0.3 is 5.69 Å². The fourth-order valence-corrected chi connectivity index (χ4v) is 4.75. The highest BCUT2D eigenvalue weighted by atomic mass is 16.5. The maximum Gasteiger partial charge on any atom is 0.326 e. The summed E-state index contributed by atoms with van der Waals surface area (Å²) in [4.78, 5) is 18.1. The standard InChI is InChI=1S/C20H29N3O2/c1-14-3-8-18-19(13-14)23(20(24)21-18)16-9-11-22(12-10-16)15-4-6-17(25-2)7-5-15/h3,8,13,15-17H,4-7,9-12H2,1-2H3,(H,21,24)/t15-,17+. The largest absolute Gasteiger partial charge is 0.381 e.